The van der Waals surface area contributed by atoms with E-state index in [1.165, 1.54) is 10.7 Å². The predicted octanol–water partition coefficient (Wildman–Crippen LogP) is 0.318. The summed E-state index contributed by atoms with van der Waals surface area (Å²) in [6, 6.07) is 5.09. The lowest BCUT2D eigenvalue weighted by atomic mass is 10.0. The van der Waals surface area contributed by atoms with E-state index < -0.39 is 0 Å². The summed E-state index contributed by atoms with van der Waals surface area (Å²) >= 11 is 0. The zero-order valence-corrected chi connectivity index (χ0v) is 14.0. The van der Waals surface area contributed by atoms with Gasteiger partial charge < -0.3 is 5.32 Å². The Morgan fingerprint density at radius 2 is 2.00 bits per heavy atom. The van der Waals surface area contributed by atoms with E-state index in [1.807, 2.05) is 0 Å². The molecule has 3 rings (SSSR count). The molecule has 2 aromatic rings. The van der Waals surface area contributed by atoms with E-state index in [2.05, 4.69) is 25.3 Å². The quantitative estimate of drug-likeness (QED) is 0.813. The SMILES string of the molecule is O=C(NCC1CCCCN1CCn1ncccc1=O)c1ncccn1. The molecule has 1 saturated heterocycles. The van der Waals surface area contributed by atoms with Gasteiger partial charge in [0.25, 0.3) is 11.5 Å². The Kier molecular flexibility index (Phi) is 5.84. The third kappa shape index (κ3) is 4.69. The Hall–Kier alpha value is -2.61. The van der Waals surface area contributed by atoms with E-state index in [4.69, 9.17) is 0 Å². The van der Waals surface area contributed by atoms with Crippen LogP contribution in [0, 0.1) is 0 Å². The lowest BCUT2D eigenvalue weighted by Crippen LogP contribution is -2.48. The zero-order chi connectivity index (χ0) is 17.5. The van der Waals surface area contributed by atoms with E-state index in [0.717, 1.165) is 32.4 Å². The normalized spacial score (nSPS) is 18.0. The molecule has 0 spiro atoms. The largest absolute Gasteiger partial charge is 0.348 e. The number of nitrogens with zero attached hydrogens (tertiary/aromatic N) is 5. The van der Waals surface area contributed by atoms with Crippen molar-refractivity contribution >= 4 is 5.91 Å². The molecule has 1 aliphatic rings. The molecule has 1 N–H and O–H groups in total. The maximum Gasteiger partial charge on any atom is 0.289 e. The highest BCUT2D eigenvalue weighted by atomic mass is 16.2. The van der Waals surface area contributed by atoms with E-state index in [0.29, 0.717) is 13.1 Å². The molecule has 1 aliphatic heterocycles. The summed E-state index contributed by atoms with van der Waals surface area (Å²) in [7, 11) is 0. The minimum atomic E-state index is -0.257. The van der Waals surface area contributed by atoms with Crippen LogP contribution in [0.1, 0.15) is 29.9 Å². The number of nitrogens with one attached hydrogen (secondary N) is 1. The summed E-state index contributed by atoms with van der Waals surface area (Å²) in [5.74, 6) is -0.0723. The van der Waals surface area contributed by atoms with Crippen LogP contribution in [-0.2, 0) is 6.54 Å². The van der Waals surface area contributed by atoms with Gasteiger partial charge in [-0.2, -0.15) is 5.10 Å². The van der Waals surface area contributed by atoms with Gasteiger partial charge >= 0.3 is 0 Å². The van der Waals surface area contributed by atoms with Gasteiger partial charge in [-0.05, 0) is 31.5 Å². The zero-order valence-electron chi connectivity index (χ0n) is 14.0. The maximum absolute atomic E-state index is 12.1. The highest BCUT2D eigenvalue weighted by molar-refractivity contribution is 5.90. The number of carbonyl (C=O) groups excluding carboxylic acids is 1. The molecule has 8 heteroatoms. The second kappa shape index (κ2) is 8.48. The number of carbonyl (C=O) groups is 1. The molecule has 132 valence electrons. The topological polar surface area (TPSA) is 93.0 Å². The van der Waals surface area contributed by atoms with Crippen molar-refractivity contribution in [3.8, 4) is 0 Å². The monoisotopic (exact) mass is 342 g/mol. The molecule has 3 heterocycles. The molecule has 0 saturated carbocycles. The van der Waals surface area contributed by atoms with Crippen molar-refractivity contribution in [2.75, 3.05) is 19.6 Å². The van der Waals surface area contributed by atoms with E-state index in [1.54, 1.807) is 30.7 Å². The highest BCUT2D eigenvalue weighted by Gasteiger charge is 2.23. The van der Waals surface area contributed by atoms with Crippen LogP contribution >= 0.6 is 0 Å². The van der Waals surface area contributed by atoms with Crippen LogP contribution in [0.25, 0.3) is 0 Å². The summed E-state index contributed by atoms with van der Waals surface area (Å²) in [6.45, 7) is 2.80. The number of rotatable bonds is 6. The van der Waals surface area contributed by atoms with Crippen LogP contribution in [0.15, 0.2) is 41.6 Å². The molecule has 0 aliphatic carbocycles. The fourth-order valence-corrected chi connectivity index (χ4v) is 3.07. The summed E-state index contributed by atoms with van der Waals surface area (Å²) in [5.41, 5.74) is -0.0920. The smallest absolute Gasteiger partial charge is 0.289 e. The Balaban J connectivity index is 1.55. The third-order valence-corrected chi connectivity index (χ3v) is 4.40. The maximum atomic E-state index is 12.1. The van der Waals surface area contributed by atoms with Crippen LogP contribution < -0.4 is 10.9 Å². The van der Waals surface area contributed by atoms with Gasteiger partial charge in [-0.1, -0.05) is 6.42 Å². The van der Waals surface area contributed by atoms with Crippen LogP contribution in [0.3, 0.4) is 0 Å². The van der Waals surface area contributed by atoms with Gasteiger partial charge in [-0.15, -0.1) is 0 Å². The van der Waals surface area contributed by atoms with Crippen molar-refractivity contribution in [2.45, 2.75) is 31.8 Å². The first kappa shape index (κ1) is 17.2. The van der Waals surface area contributed by atoms with Crippen LogP contribution in [0.4, 0.5) is 0 Å². The Bertz CT molecular complexity index is 748. The van der Waals surface area contributed by atoms with Gasteiger partial charge in [-0.25, -0.2) is 14.6 Å². The molecule has 25 heavy (non-hydrogen) atoms. The lowest BCUT2D eigenvalue weighted by Gasteiger charge is -2.35. The molecular weight excluding hydrogens is 320 g/mol. The highest BCUT2D eigenvalue weighted by Crippen LogP contribution is 2.16. The van der Waals surface area contributed by atoms with Crippen LogP contribution in [0.5, 0.6) is 0 Å². The van der Waals surface area contributed by atoms with E-state index in [9.17, 15) is 9.59 Å². The van der Waals surface area contributed by atoms with Crippen molar-refractivity contribution < 1.29 is 4.79 Å². The first-order valence-electron chi connectivity index (χ1n) is 8.55. The Labute approximate surface area is 145 Å². The van der Waals surface area contributed by atoms with Gasteiger partial charge in [0.2, 0.25) is 5.82 Å². The molecule has 0 bridgehead atoms. The molecule has 2 aromatic heterocycles. The fraction of sp³-hybridized carbons (Fsp3) is 0.471. The van der Waals surface area contributed by atoms with E-state index >= 15 is 0 Å². The summed E-state index contributed by atoms with van der Waals surface area (Å²) in [6.07, 6.45) is 8.02. The first-order valence-corrected chi connectivity index (χ1v) is 8.55. The van der Waals surface area contributed by atoms with Gasteiger partial charge in [0.15, 0.2) is 0 Å². The van der Waals surface area contributed by atoms with Crippen molar-refractivity contribution in [3.05, 3.63) is 53.0 Å². The average Bonchev–Trinajstić information content (AvgIpc) is 2.67. The Morgan fingerprint density at radius 1 is 1.16 bits per heavy atom. The number of amides is 1. The van der Waals surface area contributed by atoms with E-state index in [-0.39, 0.29) is 23.3 Å². The Morgan fingerprint density at radius 3 is 2.80 bits per heavy atom. The van der Waals surface area contributed by atoms with Crippen molar-refractivity contribution in [2.24, 2.45) is 0 Å². The minimum absolute atomic E-state index is 0.0920. The molecule has 1 atom stereocenters. The van der Waals surface area contributed by atoms with Gasteiger partial charge in [0.1, 0.15) is 0 Å². The molecule has 1 fully saturated rings. The number of aromatic nitrogens is 4. The number of piperidine rings is 1. The third-order valence-electron chi connectivity index (χ3n) is 4.40. The van der Waals surface area contributed by atoms with Crippen molar-refractivity contribution in [1.29, 1.82) is 0 Å². The summed E-state index contributed by atoms with van der Waals surface area (Å²) < 4.78 is 1.47. The number of hydrogen-bond acceptors (Lipinski definition) is 6. The van der Waals surface area contributed by atoms with Crippen molar-refractivity contribution in [3.63, 3.8) is 0 Å². The van der Waals surface area contributed by atoms with Crippen molar-refractivity contribution in [1.82, 2.24) is 30.0 Å². The average molecular weight is 342 g/mol. The van der Waals surface area contributed by atoms with Gasteiger partial charge in [0, 0.05) is 43.8 Å². The lowest BCUT2D eigenvalue weighted by molar-refractivity contribution is 0.0899. The fourth-order valence-electron chi connectivity index (χ4n) is 3.07. The molecule has 0 aromatic carbocycles. The second-order valence-electron chi connectivity index (χ2n) is 6.05. The predicted molar refractivity (Wildman–Crippen MR) is 92.1 cm³/mol. The summed E-state index contributed by atoms with van der Waals surface area (Å²) in [5, 5.41) is 7.01. The molecule has 0 radical (unpaired) electrons. The summed E-state index contributed by atoms with van der Waals surface area (Å²) in [4.78, 5) is 34.1. The number of hydrogen-bond donors (Lipinski definition) is 1. The molecule has 8 nitrogen and oxygen atoms in total. The minimum Gasteiger partial charge on any atom is -0.348 e. The molecule has 1 amide bonds. The van der Waals surface area contributed by atoms with Gasteiger partial charge in [0.05, 0.1) is 6.54 Å². The molecule has 1 unspecified atom stereocenters. The van der Waals surface area contributed by atoms with Crippen LogP contribution in [-0.4, -0.2) is 56.2 Å². The molecular formula is C17H22N6O2. The van der Waals surface area contributed by atoms with Crippen LogP contribution in [0.2, 0.25) is 0 Å². The first-order chi connectivity index (χ1) is 12.2. The second-order valence-corrected chi connectivity index (χ2v) is 6.05. The number of likely N-dealkylation sites (tertiary alicyclic amines) is 1. The standard InChI is InChI=1S/C17H22N6O2/c24-15-6-3-9-21-23(15)12-11-22-10-2-1-5-14(22)13-20-17(25)16-18-7-4-8-19-16/h3-4,6-9,14H,1-2,5,10-13H2,(H,20,25). The van der Waals surface area contributed by atoms with Gasteiger partial charge in [-0.3, -0.25) is 14.5 Å².